The molecule has 1 N–H and O–H groups in total. The van der Waals surface area contributed by atoms with E-state index in [1.54, 1.807) is 12.1 Å². The van der Waals surface area contributed by atoms with Gasteiger partial charge in [-0.3, -0.25) is 4.79 Å². The van der Waals surface area contributed by atoms with Gasteiger partial charge >= 0.3 is 12.0 Å². The number of aromatic nitrogens is 3. The molecule has 0 bridgehead atoms. The number of amides is 1. The van der Waals surface area contributed by atoms with Crippen LogP contribution in [0, 0.1) is 0 Å². The van der Waals surface area contributed by atoms with Gasteiger partial charge in [-0.1, -0.05) is 30.0 Å². The van der Waals surface area contributed by atoms with Crippen LogP contribution in [-0.2, 0) is 9.53 Å². The second kappa shape index (κ2) is 6.71. The highest BCUT2D eigenvalue weighted by Gasteiger charge is 2.10. The van der Waals surface area contributed by atoms with Gasteiger partial charge in [-0.15, -0.1) is 5.10 Å². The van der Waals surface area contributed by atoms with E-state index in [-0.39, 0.29) is 11.7 Å². The zero-order valence-corrected chi connectivity index (χ0v) is 11.5. The highest BCUT2D eigenvalue weighted by molar-refractivity contribution is 7.99. The molecule has 0 aliphatic carbocycles. The van der Waals surface area contributed by atoms with Crippen molar-refractivity contribution < 1.29 is 14.3 Å². The van der Waals surface area contributed by atoms with Gasteiger partial charge in [0.2, 0.25) is 5.16 Å². The van der Waals surface area contributed by atoms with Crippen molar-refractivity contribution in [3.8, 4) is 0 Å². The number of rotatable bonds is 4. The third-order valence-electron chi connectivity index (χ3n) is 2.25. The average molecular weight is 292 g/mol. The van der Waals surface area contributed by atoms with E-state index in [0.29, 0.717) is 10.8 Å². The molecule has 104 valence electrons. The molecule has 1 heterocycles. The summed E-state index contributed by atoms with van der Waals surface area (Å²) in [5.74, 6) is -0.277. The van der Waals surface area contributed by atoms with Crippen molar-refractivity contribution in [2.45, 2.75) is 5.16 Å². The number of carbonyl (C=O) groups excluding carboxylic acids is 2. The number of thioether (sulfide) groups is 1. The second-order valence-corrected chi connectivity index (χ2v) is 4.58. The number of ether oxygens (including phenoxy) is 1. The number of benzene rings is 1. The number of nitrogens with one attached hydrogen (secondary N) is 1. The van der Waals surface area contributed by atoms with Gasteiger partial charge in [-0.05, 0) is 12.1 Å². The molecule has 20 heavy (non-hydrogen) atoms. The van der Waals surface area contributed by atoms with Crippen LogP contribution in [0.3, 0.4) is 0 Å². The van der Waals surface area contributed by atoms with Crippen LogP contribution in [0.15, 0.2) is 41.8 Å². The van der Waals surface area contributed by atoms with Gasteiger partial charge in [0.15, 0.2) is 0 Å². The van der Waals surface area contributed by atoms with Crippen molar-refractivity contribution in [1.29, 1.82) is 0 Å². The molecule has 0 unspecified atom stereocenters. The van der Waals surface area contributed by atoms with E-state index in [1.165, 1.54) is 13.4 Å². The molecule has 7 nitrogen and oxygen atoms in total. The van der Waals surface area contributed by atoms with E-state index in [2.05, 4.69) is 20.1 Å². The number of hydrogen-bond acceptors (Lipinski definition) is 6. The predicted octanol–water partition coefficient (Wildman–Crippen LogP) is 1.62. The SMILES string of the molecule is COC(=O)CSc1ncn(C(=O)Nc2ccccc2)n1. The lowest BCUT2D eigenvalue weighted by atomic mass is 10.3. The minimum absolute atomic E-state index is 0.0980. The van der Waals surface area contributed by atoms with Crippen LogP contribution in [0.25, 0.3) is 0 Å². The topological polar surface area (TPSA) is 86.1 Å². The number of esters is 1. The smallest absolute Gasteiger partial charge is 0.348 e. The lowest BCUT2D eigenvalue weighted by molar-refractivity contribution is -0.137. The minimum Gasteiger partial charge on any atom is -0.468 e. The van der Waals surface area contributed by atoms with Gasteiger partial charge in [-0.2, -0.15) is 4.68 Å². The van der Waals surface area contributed by atoms with Gasteiger partial charge in [0.1, 0.15) is 6.33 Å². The van der Waals surface area contributed by atoms with Crippen molar-refractivity contribution in [3.63, 3.8) is 0 Å². The van der Waals surface area contributed by atoms with Crippen LogP contribution in [0.1, 0.15) is 0 Å². The molecule has 8 heteroatoms. The maximum Gasteiger partial charge on any atom is 0.348 e. The second-order valence-electron chi connectivity index (χ2n) is 3.63. The normalized spacial score (nSPS) is 10.1. The average Bonchev–Trinajstić information content (AvgIpc) is 2.95. The lowest BCUT2D eigenvalue weighted by Crippen LogP contribution is -2.19. The maximum absolute atomic E-state index is 11.9. The van der Waals surface area contributed by atoms with Crippen molar-refractivity contribution in [2.24, 2.45) is 0 Å². The number of para-hydroxylation sites is 1. The van der Waals surface area contributed by atoms with E-state index in [0.717, 1.165) is 16.4 Å². The summed E-state index contributed by atoms with van der Waals surface area (Å²) in [4.78, 5) is 26.8. The molecule has 1 aromatic carbocycles. The molecular formula is C12H12N4O3S. The Balaban J connectivity index is 1.94. The zero-order valence-electron chi connectivity index (χ0n) is 10.6. The zero-order chi connectivity index (χ0) is 14.4. The van der Waals surface area contributed by atoms with Crippen LogP contribution in [-0.4, -0.2) is 39.6 Å². The Hall–Kier alpha value is -2.35. The van der Waals surface area contributed by atoms with E-state index in [4.69, 9.17) is 0 Å². The van der Waals surface area contributed by atoms with E-state index in [1.807, 2.05) is 18.2 Å². The van der Waals surface area contributed by atoms with Crippen LogP contribution in [0.4, 0.5) is 10.5 Å². The Morgan fingerprint density at radius 2 is 2.10 bits per heavy atom. The summed E-state index contributed by atoms with van der Waals surface area (Å²) in [6.45, 7) is 0. The largest absolute Gasteiger partial charge is 0.468 e. The molecule has 0 spiro atoms. The summed E-state index contributed by atoms with van der Waals surface area (Å²) in [6.07, 6.45) is 1.29. The van der Waals surface area contributed by atoms with Gasteiger partial charge < -0.3 is 10.1 Å². The Morgan fingerprint density at radius 1 is 1.35 bits per heavy atom. The number of carbonyl (C=O) groups is 2. The Morgan fingerprint density at radius 3 is 2.80 bits per heavy atom. The molecule has 0 radical (unpaired) electrons. The molecule has 0 saturated heterocycles. The Kier molecular flexibility index (Phi) is 4.72. The predicted molar refractivity (Wildman–Crippen MR) is 73.6 cm³/mol. The van der Waals surface area contributed by atoms with Crippen molar-refractivity contribution >= 4 is 29.4 Å². The number of hydrogen-bond donors (Lipinski definition) is 1. The molecular weight excluding hydrogens is 280 g/mol. The fourth-order valence-corrected chi connectivity index (χ4v) is 1.93. The summed E-state index contributed by atoms with van der Waals surface area (Å²) in [5, 5.41) is 6.96. The first-order chi connectivity index (χ1) is 9.69. The Bertz CT molecular complexity index is 600. The fourth-order valence-electron chi connectivity index (χ4n) is 1.30. The first-order valence-electron chi connectivity index (χ1n) is 5.66. The summed E-state index contributed by atoms with van der Waals surface area (Å²) in [7, 11) is 1.31. The third-order valence-corrected chi connectivity index (χ3v) is 3.08. The van der Waals surface area contributed by atoms with Crippen LogP contribution >= 0.6 is 11.8 Å². The molecule has 0 atom stereocenters. The molecule has 0 fully saturated rings. The molecule has 0 aliphatic heterocycles. The summed E-state index contributed by atoms with van der Waals surface area (Å²) in [5.41, 5.74) is 0.664. The quantitative estimate of drug-likeness (QED) is 0.681. The van der Waals surface area contributed by atoms with Crippen molar-refractivity contribution in [1.82, 2.24) is 14.8 Å². The molecule has 1 aromatic heterocycles. The van der Waals surface area contributed by atoms with Gasteiger partial charge in [0.05, 0.1) is 12.9 Å². The highest BCUT2D eigenvalue weighted by Crippen LogP contribution is 2.12. The van der Waals surface area contributed by atoms with Crippen LogP contribution in [0.2, 0.25) is 0 Å². The standard InChI is InChI=1S/C12H12N4O3S/c1-19-10(17)7-20-11-13-8-16(15-11)12(18)14-9-5-3-2-4-6-9/h2-6,8H,7H2,1H3,(H,14,18). The molecule has 0 aliphatic rings. The molecule has 2 aromatic rings. The molecule has 1 amide bonds. The monoisotopic (exact) mass is 292 g/mol. The van der Waals surface area contributed by atoms with E-state index >= 15 is 0 Å². The Labute approximate surface area is 119 Å². The molecule has 0 saturated carbocycles. The summed E-state index contributed by atoms with van der Waals surface area (Å²) >= 11 is 1.10. The third kappa shape index (κ3) is 3.82. The first-order valence-corrected chi connectivity index (χ1v) is 6.65. The van der Waals surface area contributed by atoms with E-state index in [9.17, 15) is 9.59 Å². The number of anilines is 1. The van der Waals surface area contributed by atoms with Crippen molar-refractivity contribution in [2.75, 3.05) is 18.2 Å². The first kappa shape index (κ1) is 14.1. The van der Waals surface area contributed by atoms with Crippen LogP contribution in [0.5, 0.6) is 0 Å². The minimum atomic E-state index is -0.423. The van der Waals surface area contributed by atoms with Gasteiger partial charge in [0.25, 0.3) is 0 Å². The fraction of sp³-hybridized carbons (Fsp3) is 0.167. The summed E-state index contributed by atoms with van der Waals surface area (Å²) in [6, 6.07) is 8.59. The summed E-state index contributed by atoms with van der Waals surface area (Å²) < 4.78 is 5.58. The highest BCUT2D eigenvalue weighted by atomic mass is 32.2. The van der Waals surface area contributed by atoms with Crippen molar-refractivity contribution in [3.05, 3.63) is 36.7 Å². The van der Waals surface area contributed by atoms with E-state index < -0.39 is 6.03 Å². The number of nitrogens with zero attached hydrogens (tertiary/aromatic N) is 3. The lowest BCUT2D eigenvalue weighted by Gasteiger charge is -2.03. The van der Waals surface area contributed by atoms with Gasteiger partial charge in [0, 0.05) is 5.69 Å². The van der Waals surface area contributed by atoms with Crippen LogP contribution < -0.4 is 5.32 Å². The number of methoxy groups -OCH3 is 1. The molecule has 2 rings (SSSR count). The maximum atomic E-state index is 11.9. The van der Waals surface area contributed by atoms with Gasteiger partial charge in [-0.25, -0.2) is 9.78 Å².